The number of rotatable bonds is 3. The lowest BCUT2D eigenvalue weighted by atomic mass is 9.87. The monoisotopic (exact) mass is 253 g/mol. The number of nitrogens with zero attached hydrogens (tertiary/aromatic N) is 1. The maximum Gasteiger partial charge on any atom is 0.306 e. The molecule has 1 aliphatic rings. The van der Waals surface area contributed by atoms with Crippen molar-refractivity contribution in [3.63, 3.8) is 0 Å². The molecule has 1 atom stereocenters. The molecule has 0 saturated carbocycles. The van der Waals surface area contributed by atoms with Crippen molar-refractivity contribution in [1.82, 2.24) is 4.90 Å². The van der Waals surface area contributed by atoms with Gasteiger partial charge in [0, 0.05) is 19.0 Å². The number of carboxylic acid groups (broad SMARTS) is 1. The maximum atomic E-state index is 12.0. The van der Waals surface area contributed by atoms with E-state index in [1.165, 1.54) is 11.3 Å². The zero-order chi connectivity index (χ0) is 12.6. The van der Waals surface area contributed by atoms with Crippen LogP contribution in [0.1, 0.15) is 22.2 Å². The van der Waals surface area contributed by atoms with E-state index in [1.54, 1.807) is 11.8 Å². The van der Waals surface area contributed by atoms with Crippen LogP contribution in [-0.2, 0) is 4.79 Å². The van der Waals surface area contributed by atoms with Crippen molar-refractivity contribution in [2.75, 3.05) is 13.1 Å². The van der Waals surface area contributed by atoms with Crippen molar-refractivity contribution in [1.29, 1.82) is 0 Å². The van der Waals surface area contributed by atoms with Crippen LogP contribution in [0.2, 0.25) is 0 Å². The van der Waals surface area contributed by atoms with Gasteiger partial charge in [0.15, 0.2) is 0 Å². The van der Waals surface area contributed by atoms with Crippen LogP contribution in [0.3, 0.4) is 0 Å². The fourth-order valence-corrected chi connectivity index (χ4v) is 2.82. The Morgan fingerprint density at radius 2 is 2.18 bits per heavy atom. The van der Waals surface area contributed by atoms with E-state index in [9.17, 15) is 9.59 Å². The minimum absolute atomic E-state index is 0.0336. The van der Waals surface area contributed by atoms with E-state index in [4.69, 9.17) is 5.11 Å². The summed E-state index contributed by atoms with van der Waals surface area (Å²) < 4.78 is 0. The molecule has 0 bridgehead atoms. The van der Waals surface area contributed by atoms with Crippen LogP contribution in [0.25, 0.3) is 0 Å². The second-order valence-electron chi connectivity index (χ2n) is 4.53. The SMILES string of the molecule is Cc1ccsc1C(=O)N1CC(C(C)C(=O)O)C1. The summed E-state index contributed by atoms with van der Waals surface area (Å²) in [5.74, 6) is -1.03. The number of likely N-dealkylation sites (tertiary alicyclic amines) is 1. The smallest absolute Gasteiger partial charge is 0.306 e. The molecule has 0 radical (unpaired) electrons. The van der Waals surface area contributed by atoms with Crippen LogP contribution in [0, 0.1) is 18.8 Å². The van der Waals surface area contributed by atoms with Crippen molar-refractivity contribution < 1.29 is 14.7 Å². The van der Waals surface area contributed by atoms with Crippen molar-refractivity contribution in [2.24, 2.45) is 11.8 Å². The summed E-state index contributed by atoms with van der Waals surface area (Å²) in [7, 11) is 0. The van der Waals surface area contributed by atoms with E-state index in [0.29, 0.717) is 13.1 Å². The van der Waals surface area contributed by atoms with Crippen LogP contribution in [0.4, 0.5) is 0 Å². The molecule has 1 amide bonds. The molecule has 1 fully saturated rings. The Bertz CT molecular complexity index is 448. The molecule has 5 heteroatoms. The highest BCUT2D eigenvalue weighted by atomic mass is 32.1. The third kappa shape index (κ3) is 2.20. The number of carbonyl (C=O) groups is 2. The van der Waals surface area contributed by atoms with Crippen LogP contribution >= 0.6 is 11.3 Å². The molecule has 1 saturated heterocycles. The molecule has 92 valence electrons. The first-order valence-electron chi connectivity index (χ1n) is 5.57. The van der Waals surface area contributed by atoms with Gasteiger partial charge < -0.3 is 10.0 Å². The third-order valence-electron chi connectivity index (χ3n) is 3.35. The minimum atomic E-state index is -0.783. The number of amides is 1. The van der Waals surface area contributed by atoms with Gasteiger partial charge in [-0.3, -0.25) is 9.59 Å². The number of hydrogen-bond donors (Lipinski definition) is 1. The molecule has 17 heavy (non-hydrogen) atoms. The van der Waals surface area contributed by atoms with Gasteiger partial charge in [-0.2, -0.15) is 0 Å². The summed E-state index contributed by atoms with van der Waals surface area (Å²) in [5, 5.41) is 10.8. The van der Waals surface area contributed by atoms with Gasteiger partial charge in [0.2, 0.25) is 0 Å². The van der Waals surface area contributed by atoms with Gasteiger partial charge in [0.05, 0.1) is 10.8 Å². The van der Waals surface area contributed by atoms with Gasteiger partial charge in [0.1, 0.15) is 0 Å². The molecule has 0 aromatic carbocycles. The maximum absolute atomic E-state index is 12.0. The lowest BCUT2D eigenvalue weighted by Crippen LogP contribution is -2.53. The molecule has 1 aromatic heterocycles. The van der Waals surface area contributed by atoms with E-state index in [0.717, 1.165) is 10.4 Å². The van der Waals surface area contributed by atoms with E-state index in [1.807, 2.05) is 18.4 Å². The molecular formula is C12H15NO3S. The highest BCUT2D eigenvalue weighted by molar-refractivity contribution is 7.12. The fourth-order valence-electron chi connectivity index (χ4n) is 1.93. The lowest BCUT2D eigenvalue weighted by Gasteiger charge is -2.41. The van der Waals surface area contributed by atoms with Gasteiger partial charge >= 0.3 is 5.97 Å². The molecule has 1 unspecified atom stereocenters. The molecule has 4 nitrogen and oxygen atoms in total. The fraction of sp³-hybridized carbons (Fsp3) is 0.500. The Kier molecular flexibility index (Phi) is 3.19. The van der Waals surface area contributed by atoms with Gasteiger partial charge in [0.25, 0.3) is 5.91 Å². The molecule has 1 aliphatic heterocycles. The Balaban J connectivity index is 1.95. The first-order chi connectivity index (χ1) is 8.00. The number of aliphatic carboxylic acids is 1. The predicted molar refractivity (Wildman–Crippen MR) is 65.2 cm³/mol. The van der Waals surface area contributed by atoms with Gasteiger partial charge in [-0.15, -0.1) is 11.3 Å². The number of carboxylic acids is 1. The molecule has 1 N–H and O–H groups in total. The number of hydrogen-bond acceptors (Lipinski definition) is 3. The lowest BCUT2D eigenvalue weighted by molar-refractivity contribution is -0.144. The molecule has 1 aromatic rings. The zero-order valence-corrected chi connectivity index (χ0v) is 10.7. The normalized spacial score (nSPS) is 17.6. The second-order valence-corrected chi connectivity index (χ2v) is 5.45. The second kappa shape index (κ2) is 4.49. The quantitative estimate of drug-likeness (QED) is 0.894. The topological polar surface area (TPSA) is 57.6 Å². The average Bonchev–Trinajstić information content (AvgIpc) is 2.61. The highest BCUT2D eigenvalue weighted by Gasteiger charge is 2.37. The molecular weight excluding hydrogens is 238 g/mol. The van der Waals surface area contributed by atoms with Crippen molar-refractivity contribution in [3.05, 3.63) is 21.9 Å². The van der Waals surface area contributed by atoms with E-state index in [2.05, 4.69) is 0 Å². The van der Waals surface area contributed by atoms with Crippen molar-refractivity contribution in [2.45, 2.75) is 13.8 Å². The molecule has 0 spiro atoms. The van der Waals surface area contributed by atoms with Crippen molar-refractivity contribution >= 4 is 23.2 Å². The molecule has 0 aliphatic carbocycles. The average molecular weight is 253 g/mol. The summed E-state index contributed by atoms with van der Waals surface area (Å²) in [6.45, 7) is 4.74. The summed E-state index contributed by atoms with van der Waals surface area (Å²) in [6.07, 6.45) is 0. The summed E-state index contributed by atoms with van der Waals surface area (Å²) in [4.78, 5) is 25.3. The Morgan fingerprint density at radius 3 is 2.65 bits per heavy atom. The van der Waals surface area contributed by atoms with E-state index in [-0.39, 0.29) is 17.7 Å². The van der Waals surface area contributed by atoms with Gasteiger partial charge in [-0.05, 0) is 23.9 Å². The Hall–Kier alpha value is -1.36. The van der Waals surface area contributed by atoms with Gasteiger partial charge in [-0.1, -0.05) is 6.92 Å². The Labute approximate surface area is 104 Å². The van der Waals surface area contributed by atoms with Crippen molar-refractivity contribution in [3.8, 4) is 0 Å². The number of carbonyl (C=O) groups excluding carboxylic acids is 1. The van der Waals surface area contributed by atoms with E-state index >= 15 is 0 Å². The van der Waals surface area contributed by atoms with Gasteiger partial charge in [-0.25, -0.2) is 0 Å². The van der Waals surface area contributed by atoms with E-state index < -0.39 is 5.97 Å². The first kappa shape index (κ1) is 12.1. The van der Waals surface area contributed by atoms with Crippen LogP contribution < -0.4 is 0 Å². The predicted octanol–water partition coefficient (Wildman–Crippen LogP) is 1.85. The summed E-state index contributed by atoms with van der Waals surface area (Å²) >= 11 is 1.44. The highest BCUT2D eigenvalue weighted by Crippen LogP contribution is 2.27. The number of aryl methyl sites for hydroxylation is 1. The zero-order valence-electron chi connectivity index (χ0n) is 9.84. The summed E-state index contributed by atoms with van der Waals surface area (Å²) in [6, 6.07) is 1.93. The number of thiophene rings is 1. The van der Waals surface area contributed by atoms with Crippen LogP contribution in [0.5, 0.6) is 0 Å². The molecule has 2 rings (SSSR count). The third-order valence-corrected chi connectivity index (χ3v) is 4.35. The first-order valence-corrected chi connectivity index (χ1v) is 6.45. The Morgan fingerprint density at radius 1 is 1.53 bits per heavy atom. The van der Waals surface area contributed by atoms with Crippen LogP contribution in [-0.4, -0.2) is 35.0 Å². The summed E-state index contributed by atoms with van der Waals surface area (Å²) in [5.41, 5.74) is 0.995. The standard InChI is InChI=1S/C12H15NO3S/c1-7-3-4-17-10(7)11(14)13-5-9(6-13)8(2)12(15)16/h3-4,8-9H,5-6H2,1-2H3,(H,15,16). The largest absolute Gasteiger partial charge is 0.481 e. The van der Waals surface area contributed by atoms with Crippen LogP contribution in [0.15, 0.2) is 11.4 Å². The molecule has 2 heterocycles. The minimum Gasteiger partial charge on any atom is -0.481 e.